The number of rotatable bonds is 3. The van der Waals surface area contributed by atoms with Crippen LogP contribution in [0.5, 0.6) is 0 Å². The molecule has 0 unspecified atom stereocenters. The van der Waals surface area contributed by atoms with Crippen LogP contribution in [-0.4, -0.2) is 20.7 Å². The van der Waals surface area contributed by atoms with Crippen LogP contribution in [0.3, 0.4) is 0 Å². The van der Waals surface area contributed by atoms with Crippen LogP contribution < -0.4 is 8.79 Å². The predicted octanol–water partition coefficient (Wildman–Crippen LogP) is 4.23. The van der Waals surface area contributed by atoms with Gasteiger partial charge in [-0.15, -0.1) is 0 Å². The van der Waals surface area contributed by atoms with Crippen molar-refractivity contribution in [1.82, 2.24) is 0 Å². The van der Waals surface area contributed by atoms with E-state index in [-0.39, 0.29) is 5.97 Å². The average Bonchev–Trinajstić information content (AvgIpc) is 2.43. The standard InChI is InChI=1S/C23H31GeO2/c1-14-10-16(3)20(17(4)11-14)24(26-22(25)23(7,8)9)21-18(5)12-15(2)13-19(21)6/h10-13H,1-9H3. The van der Waals surface area contributed by atoms with E-state index in [1.165, 1.54) is 42.2 Å². The Kier molecular flexibility index (Phi) is 6.07. The third-order valence-electron chi connectivity index (χ3n) is 4.62. The number of hydrogen-bond donors (Lipinski definition) is 0. The zero-order chi connectivity index (χ0) is 19.8. The van der Waals surface area contributed by atoms with Crippen LogP contribution in [0.25, 0.3) is 0 Å². The van der Waals surface area contributed by atoms with Crippen LogP contribution in [0.4, 0.5) is 0 Å². The van der Waals surface area contributed by atoms with Gasteiger partial charge >= 0.3 is 163 Å². The molecule has 2 aromatic rings. The van der Waals surface area contributed by atoms with Crippen molar-refractivity contribution in [3.8, 4) is 0 Å². The van der Waals surface area contributed by atoms with Gasteiger partial charge in [-0.25, -0.2) is 0 Å². The van der Waals surface area contributed by atoms with E-state index in [0.29, 0.717) is 0 Å². The Morgan fingerprint density at radius 1 is 0.731 bits per heavy atom. The van der Waals surface area contributed by atoms with Gasteiger partial charge in [0, 0.05) is 0 Å². The maximum absolute atomic E-state index is 12.8. The molecule has 0 aliphatic heterocycles. The summed E-state index contributed by atoms with van der Waals surface area (Å²) in [6.45, 7) is 18.6. The molecule has 2 rings (SSSR count). The Morgan fingerprint density at radius 3 is 1.31 bits per heavy atom. The molecule has 0 N–H and O–H groups in total. The second-order valence-corrected chi connectivity index (χ2v) is 12.4. The topological polar surface area (TPSA) is 26.3 Å². The second-order valence-electron chi connectivity index (χ2n) is 8.52. The van der Waals surface area contributed by atoms with Crippen molar-refractivity contribution in [2.75, 3.05) is 0 Å². The first kappa shape index (κ1) is 20.8. The molecule has 0 saturated carbocycles. The number of hydrogen-bond acceptors (Lipinski definition) is 2. The third kappa shape index (κ3) is 4.40. The zero-order valence-corrected chi connectivity index (χ0v) is 19.7. The Morgan fingerprint density at radius 2 is 1.04 bits per heavy atom. The fourth-order valence-electron chi connectivity index (χ4n) is 3.55. The van der Waals surface area contributed by atoms with Crippen LogP contribution in [-0.2, 0) is 8.56 Å². The number of carbonyl (C=O) groups excluding carboxylic acids is 1. The van der Waals surface area contributed by atoms with Gasteiger partial charge in [-0.1, -0.05) is 0 Å². The average molecular weight is 412 g/mol. The first-order valence-electron chi connectivity index (χ1n) is 9.17. The number of carbonyl (C=O) groups is 1. The molecule has 0 bridgehead atoms. The van der Waals surface area contributed by atoms with Crippen LogP contribution in [0.2, 0.25) is 0 Å². The molecule has 3 heteroatoms. The normalized spacial score (nSPS) is 11.8. The summed E-state index contributed by atoms with van der Waals surface area (Å²) >= 11 is -2.51. The maximum atomic E-state index is 12.8. The van der Waals surface area contributed by atoms with Crippen molar-refractivity contribution in [2.45, 2.75) is 62.3 Å². The molecule has 26 heavy (non-hydrogen) atoms. The molecule has 0 aromatic heterocycles. The second kappa shape index (κ2) is 7.60. The summed E-state index contributed by atoms with van der Waals surface area (Å²) in [5, 5.41) is 0. The van der Waals surface area contributed by atoms with Gasteiger partial charge in [0.15, 0.2) is 0 Å². The van der Waals surface area contributed by atoms with E-state index in [1.54, 1.807) is 0 Å². The van der Waals surface area contributed by atoms with Gasteiger partial charge in [0.25, 0.3) is 0 Å². The summed E-state index contributed by atoms with van der Waals surface area (Å²) in [7, 11) is 0. The minimum atomic E-state index is -2.51. The summed E-state index contributed by atoms with van der Waals surface area (Å²) in [6.07, 6.45) is 0. The van der Waals surface area contributed by atoms with E-state index < -0.39 is 20.1 Å². The molecule has 2 nitrogen and oxygen atoms in total. The molecule has 0 amide bonds. The first-order valence-corrected chi connectivity index (χ1v) is 12.1. The summed E-state index contributed by atoms with van der Waals surface area (Å²) in [5.74, 6) is -0.105. The van der Waals surface area contributed by atoms with E-state index in [0.717, 1.165) is 0 Å². The Balaban J connectivity index is 2.71. The van der Waals surface area contributed by atoms with Crippen molar-refractivity contribution < 1.29 is 8.56 Å². The van der Waals surface area contributed by atoms with Gasteiger partial charge in [0.1, 0.15) is 0 Å². The van der Waals surface area contributed by atoms with Gasteiger partial charge in [0.05, 0.1) is 0 Å². The van der Waals surface area contributed by atoms with E-state index in [1.807, 2.05) is 20.8 Å². The molecule has 0 spiro atoms. The zero-order valence-electron chi connectivity index (χ0n) is 17.6. The molecule has 0 atom stereocenters. The van der Waals surface area contributed by atoms with E-state index in [4.69, 9.17) is 3.76 Å². The van der Waals surface area contributed by atoms with Crippen LogP contribution in [0, 0.1) is 47.0 Å². The summed E-state index contributed by atoms with van der Waals surface area (Å²) in [4.78, 5) is 12.8. The van der Waals surface area contributed by atoms with Gasteiger partial charge in [-0.3, -0.25) is 0 Å². The first-order chi connectivity index (χ1) is 11.9. The SMILES string of the molecule is Cc1cc(C)[c]([Ge]([O]C(=O)C(C)(C)C)[c]2c(C)cc(C)cc2C)c(C)c1. The minimum absolute atomic E-state index is 0.105. The Hall–Kier alpha value is -1.55. The molecule has 0 aliphatic carbocycles. The van der Waals surface area contributed by atoms with E-state index in [9.17, 15) is 4.79 Å². The van der Waals surface area contributed by atoms with E-state index >= 15 is 0 Å². The molecule has 2 aromatic carbocycles. The molecule has 0 heterocycles. The van der Waals surface area contributed by atoms with Gasteiger partial charge in [-0.05, 0) is 0 Å². The van der Waals surface area contributed by atoms with Gasteiger partial charge in [0.2, 0.25) is 0 Å². The van der Waals surface area contributed by atoms with Crippen molar-refractivity contribution in [1.29, 1.82) is 0 Å². The van der Waals surface area contributed by atoms with Gasteiger partial charge in [-0.2, -0.15) is 0 Å². The quantitative estimate of drug-likeness (QED) is 0.706. The van der Waals surface area contributed by atoms with Gasteiger partial charge < -0.3 is 0 Å². The fourth-order valence-corrected chi connectivity index (χ4v) is 9.14. The molecule has 139 valence electrons. The number of benzene rings is 2. The molecule has 1 radical (unpaired) electrons. The molecular weight excluding hydrogens is 381 g/mol. The summed E-state index contributed by atoms with van der Waals surface area (Å²) in [5.41, 5.74) is 6.94. The van der Waals surface area contributed by atoms with Crippen LogP contribution >= 0.6 is 0 Å². The Labute approximate surface area is 163 Å². The molecule has 0 saturated heterocycles. The van der Waals surface area contributed by atoms with Crippen LogP contribution in [0.1, 0.15) is 54.2 Å². The van der Waals surface area contributed by atoms with Crippen LogP contribution in [0.15, 0.2) is 24.3 Å². The number of aryl methyl sites for hydroxylation is 6. The van der Waals surface area contributed by atoms with Crippen molar-refractivity contribution >= 4 is 29.4 Å². The molecule has 0 aliphatic rings. The monoisotopic (exact) mass is 413 g/mol. The predicted molar refractivity (Wildman–Crippen MR) is 112 cm³/mol. The third-order valence-corrected chi connectivity index (χ3v) is 10.6. The van der Waals surface area contributed by atoms with Crippen molar-refractivity contribution in [2.24, 2.45) is 5.41 Å². The van der Waals surface area contributed by atoms with Crippen molar-refractivity contribution in [3.05, 3.63) is 57.6 Å². The summed E-state index contributed by atoms with van der Waals surface area (Å²) < 4.78 is 8.85. The van der Waals surface area contributed by atoms with E-state index in [2.05, 4.69) is 65.8 Å². The molecule has 0 fully saturated rings. The fraction of sp³-hybridized carbons (Fsp3) is 0.435. The summed E-state index contributed by atoms with van der Waals surface area (Å²) in [6, 6.07) is 8.83. The molecular formula is C23H31GeO2. The Bertz CT molecular complexity index is 740. The van der Waals surface area contributed by atoms with Crippen molar-refractivity contribution in [3.63, 3.8) is 0 Å².